The quantitative estimate of drug-likeness (QED) is 0.0260. The lowest BCUT2D eigenvalue weighted by Crippen LogP contribution is -2.37. The van der Waals surface area contributed by atoms with Crippen molar-refractivity contribution < 1.29 is 42.1 Å². The van der Waals surface area contributed by atoms with Crippen LogP contribution in [0, 0.1) is 0 Å². The van der Waals surface area contributed by atoms with Crippen molar-refractivity contribution in [3.8, 4) is 0 Å². The number of phosphoric ester groups is 1. The summed E-state index contributed by atoms with van der Waals surface area (Å²) in [6.07, 6.45) is 36.9. The van der Waals surface area contributed by atoms with Crippen LogP contribution >= 0.6 is 7.82 Å². The first-order valence-corrected chi connectivity index (χ1v) is 24.2. The average Bonchev–Trinajstić information content (AvgIpc) is 3.12. The van der Waals surface area contributed by atoms with Gasteiger partial charge in [0, 0.05) is 12.8 Å². The molecule has 9 nitrogen and oxygen atoms in total. The Bertz CT molecular complexity index is 896. The number of phosphoric acid groups is 1. The van der Waals surface area contributed by atoms with Gasteiger partial charge in [0.25, 0.3) is 7.82 Å². The van der Waals surface area contributed by atoms with E-state index in [2.05, 4.69) is 13.8 Å². The largest absolute Gasteiger partial charge is 0.756 e. The van der Waals surface area contributed by atoms with Gasteiger partial charge < -0.3 is 27.9 Å². The van der Waals surface area contributed by atoms with Crippen LogP contribution in [0.4, 0.5) is 0 Å². The summed E-state index contributed by atoms with van der Waals surface area (Å²) in [5.41, 5.74) is 0. The third-order valence-electron chi connectivity index (χ3n) is 10.1. The maximum absolute atomic E-state index is 12.7. The van der Waals surface area contributed by atoms with Crippen molar-refractivity contribution >= 4 is 19.8 Å². The molecule has 0 aliphatic carbocycles. The average molecular weight is 790 g/mol. The van der Waals surface area contributed by atoms with Gasteiger partial charge in [-0.05, 0) is 12.8 Å². The summed E-state index contributed by atoms with van der Waals surface area (Å²) in [6, 6.07) is 0. The summed E-state index contributed by atoms with van der Waals surface area (Å²) >= 11 is 0. The summed E-state index contributed by atoms with van der Waals surface area (Å²) in [7, 11) is 1.18. The molecule has 0 radical (unpaired) electrons. The Morgan fingerprint density at radius 2 is 0.833 bits per heavy atom. The highest BCUT2D eigenvalue weighted by Gasteiger charge is 2.21. The van der Waals surface area contributed by atoms with Gasteiger partial charge in [0.15, 0.2) is 6.10 Å². The first-order valence-electron chi connectivity index (χ1n) is 22.7. The maximum Gasteiger partial charge on any atom is 0.306 e. The van der Waals surface area contributed by atoms with E-state index in [9.17, 15) is 19.0 Å². The van der Waals surface area contributed by atoms with Crippen LogP contribution < -0.4 is 4.89 Å². The second kappa shape index (κ2) is 37.6. The number of unbranched alkanes of at least 4 members (excludes halogenated alkanes) is 28. The number of hydrogen-bond acceptors (Lipinski definition) is 8. The Balaban J connectivity index is 4.29. The molecular weight excluding hydrogens is 701 g/mol. The lowest BCUT2D eigenvalue weighted by molar-refractivity contribution is -0.870. The molecule has 0 aliphatic rings. The van der Waals surface area contributed by atoms with Crippen molar-refractivity contribution in [3.63, 3.8) is 0 Å². The normalized spacial score (nSPS) is 13.5. The highest BCUT2D eigenvalue weighted by Crippen LogP contribution is 2.38. The number of ether oxygens (including phenoxy) is 2. The predicted molar refractivity (Wildman–Crippen MR) is 222 cm³/mol. The zero-order valence-electron chi connectivity index (χ0n) is 36.2. The molecule has 0 N–H and O–H groups in total. The fraction of sp³-hybridized carbons (Fsp3) is 0.955. The summed E-state index contributed by atoms with van der Waals surface area (Å²) < 4.78 is 33.9. The Hall–Kier alpha value is -0.990. The van der Waals surface area contributed by atoms with Crippen molar-refractivity contribution in [2.24, 2.45) is 0 Å². The number of hydrogen-bond donors (Lipinski definition) is 0. The number of rotatable bonds is 42. The minimum atomic E-state index is -4.61. The molecule has 0 rings (SSSR count). The second-order valence-corrected chi connectivity index (χ2v) is 18.2. The molecule has 0 aromatic heterocycles. The summed E-state index contributed by atoms with van der Waals surface area (Å²) in [5.74, 6) is -0.819. The molecule has 0 aromatic carbocycles. The van der Waals surface area contributed by atoms with Crippen LogP contribution in [0.3, 0.4) is 0 Å². The van der Waals surface area contributed by atoms with Crippen LogP contribution in [-0.2, 0) is 32.7 Å². The number of esters is 2. The van der Waals surface area contributed by atoms with E-state index in [1.165, 1.54) is 154 Å². The van der Waals surface area contributed by atoms with E-state index < -0.39 is 26.5 Å². The SMILES string of the molecule is CCCCCCCCCCCCCCCCCCC(=O)OCC(COP(=O)([O-])OCC[N+](C)(C)C)OC(=O)CCCCCCCCCCCCCCCC. The first-order chi connectivity index (χ1) is 26.0. The minimum Gasteiger partial charge on any atom is -0.756 e. The number of carbonyl (C=O) groups is 2. The molecule has 2 unspecified atom stereocenters. The molecule has 0 bridgehead atoms. The fourth-order valence-corrected chi connectivity index (χ4v) is 7.27. The van der Waals surface area contributed by atoms with E-state index in [-0.39, 0.29) is 32.0 Å². The molecule has 54 heavy (non-hydrogen) atoms. The van der Waals surface area contributed by atoms with Gasteiger partial charge >= 0.3 is 11.9 Å². The zero-order valence-corrected chi connectivity index (χ0v) is 37.1. The van der Waals surface area contributed by atoms with Gasteiger partial charge in [0.05, 0.1) is 27.7 Å². The Kier molecular flexibility index (Phi) is 36.9. The molecule has 0 spiro atoms. The van der Waals surface area contributed by atoms with Gasteiger partial charge in [-0.3, -0.25) is 14.2 Å². The summed E-state index contributed by atoms with van der Waals surface area (Å²) in [4.78, 5) is 37.5. The van der Waals surface area contributed by atoms with Crippen molar-refractivity contribution in [3.05, 3.63) is 0 Å². The van der Waals surface area contributed by atoms with Gasteiger partial charge in [-0.1, -0.05) is 194 Å². The van der Waals surface area contributed by atoms with Gasteiger partial charge in [-0.15, -0.1) is 0 Å². The first kappa shape index (κ1) is 53.0. The Morgan fingerprint density at radius 3 is 1.19 bits per heavy atom. The Morgan fingerprint density at radius 1 is 0.500 bits per heavy atom. The number of carbonyl (C=O) groups excluding carboxylic acids is 2. The van der Waals surface area contributed by atoms with Crippen LogP contribution in [0.1, 0.15) is 219 Å². The van der Waals surface area contributed by atoms with E-state index >= 15 is 0 Å². The standard InChI is InChI=1S/C44H88NO8P/c1-6-8-10-12-14-16-18-20-22-23-25-26-28-30-32-34-36-43(46)50-40-42(41-52-54(48,49)51-39-38-45(3,4)5)53-44(47)37-35-33-31-29-27-24-21-19-17-15-13-11-9-7-2/h42H,6-41H2,1-5H3. The molecule has 10 heteroatoms. The molecule has 0 fully saturated rings. The lowest BCUT2D eigenvalue weighted by Gasteiger charge is -2.28. The highest BCUT2D eigenvalue weighted by atomic mass is 31.2. The topological polar surface area (TPSA) is 111 Å². The lowest BCUT2D eigenvalue weighted by atomic mass is 10.0. The minimum absolute atomic E-state index is 0.0256. The van der Waals surface area contributed by atoms with Crippen molar-refractivity contribution in [2.45, 2.75) is 225 Å². The number of likely N-dealkylation sites (N-methyl/N-ethyl adjacent to an activating group) is 1. The van der Waals surface area contributed by atoms with Crippen LogP contribution in [0.25, 0.3) is 0 Å². The molecule has 322 valence electrons. The zero-order chi connectivity index (χ0) is 40.0. The van der Waals surface area contributed by atoms with Crippen LogP contribution in [0.5, 0.6) is 0 Å². The maximum atomic E-state index is 12.7. The van der Waals surface area contributed by atoms with Gasteiger partial charge in [0.2, 0.25) is 0 Å². The molecule has 0 amide bonds. The molecule has 2 atom stereocenters. The van der Waals surface area contributed by atoms with Crippen molar-refractivity contribution in [1.29, 1.82) is 0 Å². The molecule has 0 heterocycles. The van der Waals surface area contributed by atoms with Crippen LogP contribution in [0.15, 0.2) is 0 Å². The van der Waals surface area contributed by atoms with E-state index in [4.69, 9.17) is 18.5 Å². The molecule has 0 aliphatic heterocycles. The highest BCUT2D eigenvalue weighted by molar-refractivity contribution is 7.45. The molecular formula is C44H88NO8P. The van der Waals surface area contributed by atoms with Crippen molar-refractivity contribution in [2.75, 3.05) is 47.5 Å². The van der Waals surface area contributed by atoms with Gasteiger partial charge in [-0.2, -0.15) is 0 Å². The van der Waals surface area contributed by atoms with E-state index in [0.29, 0.717) is 17.4 Å². The van der Waals surface area contributed by atoms with Crippen LogP contribution in [-0.4, -0.2) is 70.0 Å². The smallest absolute Gasteiger partial charge is 0.306 e. The number of quaternary nitrogens is 1. The van der Waals surface area contributed by atoms with Crippen molar-refractivity contribution in [1.82, 2.24) is 0 Å². The van der Waals surface area contributed by atoms with E-state index in [1.807, 2.05) is 21.1 Å². The predicted octanol–water partition coefficient (Wildman–Crippen LogP) is 12.2. The van der Waals surface area contributed by atoms with E-state index in [0.717, 1.165) is 32.1 Å². The van der Waals surface area contributed by atoms with Gasteiger partial charge in [-0.25, -0.2) is 0 Å². The Labute approximate surface area is 334 Å². The molecule has 0 aromatic rings. The monoisotopic (exact) mass is 790 g/mol. The summed E-state index contributed by atoms with van der Waals surface area (Å²) in [5, 5.41) is 0. The molecule has 0 saturated heterocycles. The van der Waals surface area contributed by atoms with E-state index in [1.54, 1.807) is 0 Å². The third kappa shape index (κ3) is 40.7. The third-order valence-corrected chi connectivity index (χ3v) is 11.1. The number of nitrogens with zero attached hydrogens (tertiary/aromatic N) is 1. The fourth-order valence-electron chi connectivity index (χ4n) is 6.54. The molecule has 0 saturated carbocycles. The second-order valence-electron chi connectivity index (χ2n) is 16.8. The van der Waals surface area contributed by atoms with Crippen LogP contribution in [0.2, 0.25) is 0 Å². The van der Waals surface area contributed by atoms with Gasteiger partial charge in [0.1, 0.15) is 19.8 Å². The summed E-state index contributed by atoms with van der Waals surface area (Å²) in [6.45, 7) is 4.27.